The van der Waals surface area contributed by atoms with Crippen molar-refractivity contribution in [1.82, 2.24) is 9.97 Å². The Bertz CT molecular complexity index is 881. The molecule has 3 aromatic rings. The second kappa shape index (κ2) is 8.35. The van der Waals surface area contributed by atoms with Gasteiger partial charge in [0.05, 0.1) is 12.1 Å². The van der Waals surface area contributed by atoms with Gasteiger partial charge in [-0.15, -0.1) is 11.3 Å². The molecule has 0 radical (unpaired) electrons. The number of amides is 1. The number of thiazole rings is 1. The number of para-hydroxylation sites is 1. The summed E-state index contributed by atoms with van der Waals surface area (Å²) < 4.78 is 5.09. The number of aromatic nitrogens is 2. The molecule has 1 aromatic carbocycles. The number of pyridine rings is 1. The standard InChI is InChI=1S/C19H17N3O3S/c1-22(16-7-3-2-4-8-16)17(23)12-25-18(24)10-15-13-26-19(21-15)14-6-5-9-20-11-14/h2-9,11,13H,10,12H2,1H3. The molecule has 0 saturated heterocycles. The summed E-state index contributed by atoms with van der Waals surface area (Å²) in [6.07, 6.45) is 3.44. The Hall–Kier alpha value is -3.06. The van der Waals surface area contributed by atoms with Gasteiger partial charge in [0, 0.05) is 36.1 Å². The zero-order valence-electron chi connectivity index (χ0n) is 14.2. The average molecular weight is 367 g/mol. The number of esters is 1. The molecule has 132 valence electrons. The quantitative estimate of drug-likeness (QED) is 0.627. The SMILES string of the molecule is CN(C(=O)COC(=O)Cc1csc(-c2cccnc2)n1)c1ccccc1. The number of benzene rings is 1. The third kappa shape index (κ3) is 4.52. The van der Waals surface area contributed by atoms with Crippen LogP contribution in [0.4, 0.5) is 5.69 Å². The van der Waals surface area contributed by atoms with Crippen molar-refractivity contribution in [3.63, 3.8) is 0 Å². The minimum absolute atomic E-state index is 0.0269. The number of hydrogen-bond donors (Lipinski definition) is 0. The van der Waals surface area contributed by atoms with E-state index in [1.54, 1.807) is 19.4 Å². The number of likely N-dealkylation sites (N-methyl/N-ethyl adjacent to an activating group) is 1. The maximum absolute atomic E-state index is 12.1. The molecule has 0 atom stereocenters. The fraction of sp³-hybridized carbons (Fsp3) is 0.158. The van der Waals surface area contributed by atoms with Crippen LogP contribution in [-0.2, 0) is 20.7 Å². The summed E-state index contributed by atoms with van der Waals surface area (Å²) in [5, 5.41) is 2.60. The number of carbonyl (C=O) groups is 2. The maximum atomic E-state index is 12.1. The average Bonchev–Trinajstić information content (AvgIpc) is 3.15. The van der Waals surface area contributed by atoms with Gasteiger partial charge in [-0.2, -0.15) is 0 Å². The van der Waals surface area contributed by atoms with Crippen molar-refractivity contribution in [3.8, 4) is 10.6 Å². The molecule has 6 nitrogen and oxygen atoms in total. The third-order valence-corrected chi connectivity index (χ3v) is 4.60. The molecular formula is C19H17N3O3S. The first-order valence-electron chi connectivity index (χ1n) is 7.95. The van der Waals surface area contributed by atoms with Crippen molar-refractivity contribution >= 4 is 28.9 Å². The lowest BCUT2D eigenvalue weighted by atomic mass is 10.3. The van der Waals surface area contributed by atoms with Crippen molar-refractivity contribution in [1.29, 1.82) is 0 Å². The van der Waals surface area contributed by atoms with E-state index in [9.17, 15) is 9.59 Å². The molecule has 26 heavy (non-hydrogen) atoms. The molecule has 0 aliphatic heterocycles. The van der Waals surface area contributed by atoms with Crippen LogP contribution in [0.1, 0.15) is 5.69 Å². The first-order valence-corrected chi connectivity index (χ1v) is 8.83. The summed E-state index contributed by atoms with van der Waals surface area (Å²) in [5.74, 6) is -0.776. The smallest absolute Gasteiger partial charge is 0.312 e. The van der Waals surface area contributed by atoms with E-state index in [1.807, 2.05) is 47.8 Å². The van der Waals surface area contributed by atoms with Crippen LogP contribution >= 0.6 is 11.3 Å². The van der Waals surface area contributed by atoms with Crippen molar-refractivity contribution in [2.75, 3.05) is 18.6 Å². The number of nitrogens with zero attached hydrogens (tertiary/aromatic N) is 3. The second-order valence-electron chi connectivity index (χ2n) is 5.51. The fourth-order valence-electron chi connectivity index (χ4n) is 2.24. The van der Waals surface area contributed by atoms with Gasteiger partial charge in [-0.1, -0.05) is 18.2 Å². The summed E-state index contributed by atoms with van der Waals surface area (Å²) in [5.41, 5.74) is 2.26. The highest BCUT2D eigenvalue weighted by Gasteiger charge is 2.15. The molecule has 2 heterocycles. The van der Waals surface area contributed by atoms with Gasteiger partial charge >= 0.3 is 5.97 Å². The van der Waals surface area contributed by atoms with Gasteiger partial charge in [-0.05, 0) is 24.3 Å². The minimum atomic E-state index is -0.483. The van der Waals surface area contributed by atoms with Crippen LogP contribution in [0.2, 0.25) is 0 Å². The van der Waals surface area contributed by atoms with Crippen molar-refractivity contribution in [2.24, 2.45) is 0 Å². The first-order chi connectivity index (χ1) is 12.6. The van der Waals surface area contributed by atoms with Crippen molar-refractivity contribution in [2.45, 2.75) is 6.42 Å². The monoisotopic (exact) mass is 367 g/mol. The molecule has 0 aliphatic carbocycles. The zero-order chi connectivity index (χ0) is 18.4. The molecule has 0 N–H and O–H groups in total. The highest BCUT2D eigenvalue weighted by molar-refractivity contribution is 7.13. The Balaban J connectivity index is 1.52. The van der Waals surface area contributed by atoms with Gasteiger partial charge < -0.3 is 9.64 Å². The predicted octanol–water partition coefficient (Wildman–Crippen LogP) is 2.95. The highest BCUT2D eigenvalue weighted by atomic mass is 32.1. The Morgan fingerprint density at radius 2 is 1.96 bits per heavy atom. The van der Waals surface area contributed by atoms with Crippen LogP contribution < -0.4 is 4.90 Å². The van der Waals surface area contributed by atoms with Crippen LogP contribution in [0.25, 0.3) is 10.6 Å². The number of carbonyl (C=O) groups excluding carboxylic acids is 2. The van der Waals surface area contributed by atoms with Crippen LogP contribution in [0.3, 0.4) is 0 Å². The summed E-state index contributed by atoms with van der Waals surface area (Å²) in [4.78, 5) is 34.0. The van der Waals surface area contributed by atoms with E-state index in [1.165, 1.54) is 16.2 Å². The molecule has 0 bridgehead atoms. The van der Waals surface area contributed by atoms with Gasteiger partial charge in [-0.3, -0.25) is 14.6 Å². The molecular weight excluding hydrogens is 350 g/mol. The first kappa shape index (κ1) is 17.8. The molecule has 0 aliphatic rings. The summed E-state index contributed by atoms with van der Waals surface area (Å²) in [6, 6.07) is 12.9. The molecule has 0 spiro atoms. The Morgan fingerprint density at radius 1 is 1.15 bits per heavy atom. The van der Waals surface area contributed by atoms with Crippen LogP contribution in [0, 0.1) is 0 Å². The lowest BCUT2D eigenvalue weighted by molar-refractivity contribution is -0.147. The molecule has 3 rings (SSSR count). The molecule has 1 amide bonds. The van der Waals surface area contributed by atoms with Gasteiger partial charge in [0.1, 0.15) is 5.01 Å². The second-order valence-corrected chi connectivity index (χ2v) is 6.37. The van der Waals surface area contributed by atoms with E-state index in [4.69, 9.17) is 4.74 Å². The zero-order valence-corrected chi connectivity index (χ0v) is 15.0. The number of ether oxygens (including phenoxy) is 1. The van der Waals surface area contributed by atoms with Crippen molar-refractivity contribution < 1.29 is 14.3 Å². The van der Waals surface area contributed by atoms with Gasteiger partial charge in [0.15, 0.2) is 6.61 Å². The summed E-state index contributed by atoms with van der Waals surface area (Å²) >= 11 is 1.44. The Kier molecular flexibility index (Phi) is 5.70. The predicted molar refractivity (Wildman–Crippen MR) is 99.9 cm³/mol. The van der Waals surface area contributed by atoms with Crippen LogP contribution in [0.15, 0.2) is 60.2 Å². The van der Waals surface area contributed by atoms with E-state index in [0.717, 1.165) is 16.3 Å². The minimum Gasteiger partial charge on any atom is -0.455 e. The van der Waals surface area contributed by atoms with Gasteiger partial charge in [0.25, 0.3) is 5.91 Å². The summed E-state index contributed by atoms with van der Waals surface area (Å²) in [7, 11) is 1.64. The lowest BCUT2D eigenvalue weighted by Gasteiger charge is -2.16. The molecule has 0 saturated carbocycles. The fourth-order valence-corrected chi connectivity index (χ4v) is 3.05. The maximum Gasteiger partial charge on any atom is 0.312 e. The van der Waals surface area contributed by atoms with Crippen LogP contribution in [0.5, 0.6) is 0 Å². The number of rotatable bonds is 6. The lowest BCUT2D eigenvalue weighted by Crippen LogP contribution is -2.31. The van der Waals surface area contributed by atoms with Crippen LogP contribution in [-0.4, -0.2) is 35.5 Å². The molecule has 0 unspecified atom stereocenters. The summed E-state index contributed by atoms with van der Waals surface area (Å²) in [6.45, 7) is -0.302. The molecule has 7 heteroatoms. The Morgan fingerprint density at radius 3 is 2.69 bits per heavy atom. The van der Waals surface area contributed by atoms with E-state index in [2.05, 4.69) is 9.97 Å². The number of anilines is 1. The topological polar surface area (TPSA) is 72.4 Å². The Labute approximate surface area is 155 Å². The van der Waals surface area contributed by atoms with E-state index in [-0.39, 0.29) is 18.9 Å². The van der Waals surface area contributed by atoms with Gasteiger partial charge in [0.2, 0.25) is 0 Å². The molecule has 2 aromatic heterocycles. The number of hydrogen-bond acceptors (Lipinski definition) is 6. The van der Waals surface area contributed by atoms with Crippen molar-refractivity contribution in [3.05, 3.63) is 65.9 Å². The molecule has 0 fully saturated rings. The van der Waals surface area contributed by atoms with Gasteiger partial charge in [-0.25, -0.2) is 4.98 Å². The van der Waals surface area contributed by atoms with E-state index < -0.39 is 5.97 Å². The highest BCUT2D eigenvalue weighted by Crippen LogP contribution is 2.22. The largest absolute Gasteiger partial charge is 0.455 e. The van der Waals surface area contributed by atoms with E-state index in [0.29, 0.717) is 5.69 Å². The van der Waals surface area contributed by atoms with E-state index >= 15 is 0 Å². The third-order valence-electron chi connectivity index (χ3n) is 3.66. The normalized spacial score (nSPS) is 10.3.